The van der Waals surface area contributed by atoms with E-state index in [0.29, 0.717) is 17.7 Å². The summed E-state index contributed by atoms with van der Waals surface area (Å²) in [7, 11) is 1.33. The van der Waals surface area contributed by atoms with Crippen molar-refractivity contribution in [2.45, 2.75) is 12.8 Å². The van der Waals surface area contributed by atoms with Crippen molar-refractivity contribution in [3.05, 3.63) is 71.4 Å². The molecule has 5 nitrogen and oxygen atoms in total. The highest BCUT2D eigenvalue weighted by Gasteiger charge is 2.13. The molecule has 2 aromatic carbocycles. The van der Waals surface area contributed by atoms with Crippen LogP contribution in [-0.2, 0) is 22.4 Å². The lowest BCUT2D eigenvalue weighted by molar-refractivity contribution is -0.120. The number of fused-ring (bicyclic) bond motifs is 1. The number of nitrogens with one attached hydrogen (secondary N) is 2. The molecular formula is C20H20N2O3. The van der Waals surface area contributed by atoms with Crippen molar-refractivity contribution in [2.24, 2.45) is 0 Å². The predicted octanol–water partition coefficient (Wildman–Crippen LogP) is 2.86. The highest BCUT2D eigenvalue weighted by molar-refractivity contribution is 5.93. The normalized spacial score (nSPS) is 10.6. The first kappa shape index (κ1) is 16.8. The van der Waals surface area contributed by atoms with Crippen molar-refractivity contribution in [3.63, 3.8) is 0 Å². The maximum absolute atomic E-state index is 12.2. The molecule has 25 heavy (non-hydrogen) atoms. The summed E-state index contributed by atoms with van der Waals surface area (Å²) < 4.78 is 4.76. The molecule has 128 valence electrons. The van der Waals surface area contributed by atoms with Gasteiger partial charge >= 0.3 is 5.97 Å². The fourth-order valence-corrected chi connectivity index (χ4v) is 2.89. The lowest BCUT2D eigenvalue weighted by atomic mass is 10.0. The monoisotopic (exact) mass is 336 g/mol. The molecule has 2 N–H and O–H groups in total. The van der Waals surface area contributed by atoms with Gasteiger partial charge in [0.25, 0.3) is 0 Å². The van der Waals surface area contributed by atoms with E-state index in [1.54, 1.807) is 24.3 Å². The molecule has 0 atom stereocenters. The van der Waals surface area contributed by atoms with Crippen LogP contribution in [0.2, 0.25) is 0 Å². The van der Waals surface area contributed by atoms with Crippen molar-refractivity contribution in [3.8, 4) is 0 Å². The second-order valence-corrected chi connectivity index (χ2v) is 5.78. The van der Waals surface area contributed by atoms with Crippen LogP contribution in [0.25, 0.3) is 10.9 Å². The minimum Gasteiger partial charge on any atom is -0.465 e. The van der Waals surface area contributed by atoms with Gasteiger partial charge in [0.2, 0.25) is 5.91 Å². The Labute approximate surface area is 146 Å². The van der Waals surface area contributed by atoms with Crippen LogP contribution < -0.4 is 5.32 Å². The quantitative estimate of drug-likeness (QED) is 0.680. The molecule has 3 rings (SSSR count). The largest absolute Gasteiger partial charge is 0.465 e. The van der Waals surface area contributed by atoms with Crippen LogP contribution in [0, 0.1) is 0 Å². The summed E-state index contributed by atoms with van der Waals surface area (Å²) >= 11 is 0. The summed E-state index contributed by atoms with van der Waals surface area (Å²) in [5, 5.41) is 4.09. The Morgan fingerprint density at radius 1 is 1.04 bits per heavy atom. The van der Waals surface area contributed by atoms with Crippen molar-refractivity contribution in [1.29, 1.82) is 0 Å². The zero-order chi connectivity index (χ0) is 17.6. The Hall–Kier alpha value is -3.08. The molecule has 5 heteroatoms. The molecular weight excluding hydrogens is 316 g/mol. The number of benzene rings is 2. The molecule has 3 aromatic rings. The predicted molar refractivity (Wildman–Crippen MR) is 96.5 cm³/mol. The lowest BCUT2D eigenvalue weighted by Gasteiger charge is -2.08. The Morgan fingerprint density at radius 3 is 2.64 bits per heavy atom. The third-order valence-corrected chi connectivity index (χ3v) is 4.17. The maximum Gasteiger partial charge on any atom is 0.338 e. The van der Waals surface area contributed by atoms with Gasteiger partial charge in [-0.2, -0.15) is 0 Å². The van der Waals surface area contributed by atoms with Crippen LogP contribution in [0.15, 0.2) is 54.7 Å². The van der Waals surface area contributed by atoms with E-state index in [-0.39, 0.29) is 12.3 Å². The topological polar surface area (TPSA) is 71.2 Å². The second-order valence-electron chi connectivity index (χ2n) is 5.78. The van der Waals surface area contributed by atoms with Crippen molar-refractivity contribution >= 4 is 22.8 Å². The van der Waals surface area contributed by atoms with E-state index in [1.807, 2.05) is 24.4 Å². The summed E-state index contributed by atoms with van der Waals surface area (Å²) in [5.74, 6) is -0.543. The summed E-state index contributed by atoms with van der Waals surface area (Å²) in [6, 6.07) is 15.1. The molecule has 0 spiro atoms. The number of carbonyl (C=O) groups is 2. The van der Waals surface area contributed by atoms with E-state index in [1.165, 1.54) is 18.1 Å². The van der Waals surface area contributed by atoms with E-state index >= 15 is 0 Å². The number of aromatic amines is 1. The number of aromatic nitrogens is 1. The number of ether oxygens (including phenoxy) is 1. The van der Waals surface area contributed by atoms with Crippen LogP contribution in [-0.4, -0.2) is 30.5 Å². The molecule has 0 bridgehead atoms. The van der Waals surface area contributed by atoms with Crippen LogP contribution in [0.4, 0.5) is 0 Å². The molecule has 0 fully saturated rings. The number of hydrogen-bond acceptors (Lipinski definition) is 3. The molecule has 0 aliphatic carbocycles. The number of amides is 1. The van der Waals surface area contributed by atoms with Crippen molar-refractivity contribution in [1.82, 2.24) is 10.3 Å². The average Bonchev–Trinajstić information content (AvgIpc) is 3.05. The van der Waals surface area contributed by atoms with Gasteiger partial charge in [-0.05, 0) is 29.7 Å². The van der Waals surface area contributed by atoms with Crippen LogP contribution in [0.1, 0.15) is 21.5 Å². The smallest absolute Gasteiger partial charge is 0.338 e. The van der Waals surface area contributed by atoms with Gasteiger partial charge in [-0.25, -0.2) is 4.79 Å². The van der Waals surface area contributed by atoms with Gasteiger partial charge in [0.1, 0.15) is 0 Å². The van der Waals surface area contributed by atoms with Crippen LogP contribution in [0.5, 0.6) is 0 Å². The Balaban J connectivity index is 1.58. The van der Waals surface area contributed by atoms with E-state index in [0.717, 1.165) is 11.9 Å². The minimum atomic E-state index is -0.429. The van der Waals surface area contributed by atoms with Gasteiger partial charge in [-0.1, -0.05) is 36.4 Å². The third kappa shape index (κ3) is 3.88. The lowest BCUT2D eigenvalue weighted by Crippen LogP contribution is -2.27. The zero-order valence-electron chi connectivity index (χ0n) is 14.0. The summed E-state index contributed by atoms with van der Waals surface area (Å²) in [4.78, 5) is 27.2. The van der Waals surface area contributed by atoms with E-state index in [9.17, 15) is 9.59 Å². The molecule has 1 amide bonds. The number of rotatable bonds is 6. The number of hydrogen-bond donors (Lipinski definition) is 2. The Morgan fingerprint density at radius 2 is 1.80 bits per heavy atom. The fourth-order valence-electron chi connectivity index (χ4n) is 2.89. The van der Waals surface area contributed by atoms with E-state index in [2.05, 4.69) is 16.4 Å². The first-order valence-corrected chi connectivity index (χ1v) is 8.17. The highest BCUT2D eigenvalue weighted by atomic mass is 16.5. The zero-order valence-corrected chi connectivity index (χ0v) is 14.0. The molecule has 0 aliphatic rings. The molecule has 0 unspecified atom stereocenters. The molecule has 1 heterocycles. The van der Waals surface area contributed by atoms with Gasteiger partial charge in [-0.3, -0.25) is 4.79 Å². The van der Waals surface area contributed by atoms with Gasteiger partial charge < -0.3 is 15.0 Å². The van der Waals surface area contributed by atoms with Gasteiger partial charge in [-0.15, -0.1) is 0 Å². The SMILES string of the molecule is COC(=O)c1ccccc1CC(=O)NCCc1c[nH]c2ccccc12. The summed E-state index contributed by atoms with van der Waals surface area (Å²) in [6.45, 7) is 0.543. The number of methoxy groups -OCH3 is 1. The molecule has 0 saturated carbocycles. The molecule has 0 aliphatic heterocycles. The van der Waals surface area contributed by atoms with Crippen molar-refractivity contribution in [2.75, 3.05) is 13.7 Å². The average molecular weight is 336 g/mol. The number of H-pyrrole nitrogens is 1. The van der Waals surface area contributed by atoms with E-state index < -0.39 is 5.97 Å². The minimum absolute atomic E-state index is 0.115. The Kier molecular flexibility index (Phi) is 5.14. The number of esters is 1. The van der Waals surface area contributed by atoms with Gasteiger partial charge in [0.15, 0.2) is 0 Å². The number of para-hydroxylation sites is 1. The van der Waals surface area contributed by atoms with Crippen molar-refractivity contribution < 1.29 is 14.3 Å². The first-order valence-electron chi connectivity index (χ1n) is 8.17. The first-order chi connectivity index (χ1) is 12.2. The van der Waals surface area contributed by atoms with Crippen LogP contribution >= 0.6 is 0 Å². The molecule has 0 saturated heterocycles. The molecule has 1 aromatic heterocycles. The number of carbonyl (C=O) groups excluding carboxylic acids is 2. The fraction of sp³-hybridized carbons (Fsp3) is 0.200. The molecule has 0 radical (unpaired) electrons. The summed E-state index contributed by atoms with van der Waals surface area (Å²) in [6.07, 6.45) is 2.87. The van der Waals surface area contributed by atoms with Crippen LogP contribution in [0.3, 0.4) is 0 Å². The van der Waals surface area contributed by atoms with E-state index in [4.69, 9.17) is 4.74 Å². The summed E-state index contributed by atoms with van der Waals surface area (Å²) in [5.41, 5.74) is 3.36. The third-order valence-electron chi connectivity index (χ3n) is 4.17. The Bertz CT molecular complexity index is 899. The van der Waals surface area contributed by atoms with Gasteiger partial charge in [0.05, 0.1) is 19.1 Å². The highest BCUT2D eigenvalue weighted by Crippen LogP contribution is 2.17. The maximum atomic E-state index is 12.2. The van der Waals surface area contributed by atoms with Gasteiger partial charge in [0, 0.05) is 23.6 Å². The second kappa shape index (κ2) is 7.66. The standard InChI is InChI=1S/C20H20N2O3/c1-25-20(24)17-8-3-2-6-14(17)12-19(23)21-11-10-15-13-22-18-9-5-4-7-16(15)18/h2-9,13,22H,10-12H2,1H3,(H,21,23).